The third kappa shape index (κ3) is 3.04. The van der Waals surface area contributed by atoms with Crippen LogP contribution in [0, 0.1) is 6.92 Å². The fourth-order valence-corrected chi connectivity index (χ4v) is 2.68. The first kappa shape index (κ1) is 14.6. The molecule has 0 spiro atoms. The fraction of sp³-hybridized carbons (Fsp3) is 0.462. The Hall–Kier alpha value is -1.76. The van der Waals surface area contributed by atoms with Crippen molar-refractivity contribution in [3.8, 4) is 11.4 Å². The zero-order valence-electron chi connectivity index (χ0n) is 11.9. The Morgan fingerprint density at radius 2 is 2.20 bits per heavy atom. The van der Waals surface area contributed by atoms with Crippen LogP contribution in [-0.2, 0) is 10.8 Å². The lowest BCUT2D eigenvalue weighted by Gasteiger charge is -2.14. The van der Waals surface area contributed by atoms with Gasteiger partial charge in [-0.05, 0) is 42.3 Å². The number of hydrogen-bond donors (Lipinski definition) is 1. The van der Waals surface area contributed by atoms with Crippen LogP contribution in [-0.4, -0.2) is 36.4 Å². The van der Waals surface area contributed by atoms with Crippen molar-refractivity contribution < 1.29 is 4.21 Å². The summed E-state index contributed by atoms with van der Waals surface area (Å²) in [6.07, 6.45) is 2.46. The predicted molar refractivity (Wildman–Crippen MR) is 80.7 cm³/mol. The molecular formula is C13H19N5OS. The van der Waals surface area contributed by atoms with Gasteiger partial charge in [-0.1, -0.05) is 12.1 Å². The van der Waals surface area contributed by atoms with Crippen LogP contribution in [0.5, 0.6) is 0 Å². The van der Waals surface area contributed by atoms with E-state index in [0.29, 0.717) is 17.3 Å². The Labute approximate surface area is 120 Å². The molecule has 1 aromatic carbocycles. The van der Waals surface area contributed by atoms with Crippen LogP contribution < -0.4 is 5.73 Å². The lowest BCUT2D eigenvalue weighted by atomic mass is 10.1. The van der Waals surface area contributed by atoms with Crippen LogP contribution in [0.25, 0.3) is 11.4 Å². The van der Waals surface area contributed by atoms with Gasteiger partial charge in [0.25, 0.3) is 0 Å². The van der Waals surface area contributed by atoms with E-state index in [0.717, 1.165) is 17.5 Å². The number of nitrogens with two attached hydrogens (primary N) is 1. The quantitative estimate of drug-likeness (QED) is 0.845. The molecule has 6 nitrogen and oxygen atoms in total. The summed E-state index contributed by atoms with van der Waals surface area (Å²) in [6.45, 7) is 3.97. The molecule has 0 saturated carbocycles. The minimum atomic E-state index is -0.814. The van der Waals surface area contributed by atoms with Crippen LogP contribution >= 0.6 is 0 Å². The van der Waals surface area contributed by atoms with Gasteiger partial charge in [0.05, 0.1) is 6.04 Å². The third-order valence-electron chi connectivity index (χ3n) is 3.30. The van der Waals surface area contributed by atoms with E-state index in [1.165, 1.54) is 0 Å². The monoisotopic (exact) mass is 293 g/mol. The van der Waals surface area contributed by atoms with E-state index in [1.807, 2.05) is 32.0 Å². The maximum Gasteiger partial charge on any atom is 0.184 e. The summed E-state index contributed by atoms with van der Waals surface area (Å²) in [4.78, 5) is 0. The maximum atomic E-state index is 11.2. The van der Waals surface area contributed by atoms with Gasteiger partial charge in [0, 0.05) is 34.1 Å². The average Bonchev–Trinajstić information content (AvgIpc) is 2.88. The second-order valence-corrected chi connectivity index (χ2v) is 6.45. The zero-order valence-corrected chi connectivity index (χ0v) is 12.7. The van der Waals surface area contributed by atoms with E-state index in [2.05, 4.69) is 15.5 Å². The third-order valence-corrected chi connectivity index (χ3v) is 4.11. The van der Waals surface area contributed by atoms with Gasteiger partial charge in [-0.3, -0.25) is 4.21 Å². The van der Waals surface area contributed by atoms with Crippen molar-refractivity contribution in [1.82, 2.24) is 20.2 Å². The Kier molecular flexibility index (Phi) is 4.49. The van der Waals surface area contributed by atoms with E-state index in [-0.39, 0.29) is 6.04 Å². The molecule has 108 valence electrons. The van der Waals surface area contributed by atoms with Crippen molar-refractivity contribution in [3.63, 3.8) is 0 Å². The molecule has 2 unspecified atom stereocenters. The highest BCUT2D eigenvalue weighted by Gasteiger charge is 2.17. The summed E-state index contributed by atoms with van der Waals surface area (Å²) in [6, 6.07) is 5.88. The minimum absolute atomic E-state index is 0.0730. The molecule has 2 rings (SSSR count). The van der Waals surface area contributed by atoms with Crippen molar-refractivity contribution in [3.05, 3.63) is 23.8 Å². The molecule has 20 heavy (non-hydrogen) atoms. The van der Waals surface area contributed by atoms with Crippen molar-refractivity contribution >= 4 is 16.5 Å². The van der Waals surface area contributed by atoms with Gasteiger partial charge >= 0.3 is 0 Å². The maximum absolute atomic E-state index is 11.2. The summed E-state index contributed by atoms with van der Waals surface area (Å²) in [5.74, 6) is 1.28. The molecule has 0 bridgehead atoms. The number of anilines is 1. The van der Waals surface area contributed by atoms with Gasteiger partial charge in [0.2, 0.25) is 0 Å². The average molecular weight is 293 g/mol. The SMILES string of the molecule is Cc1cccc(-c2nnnn2C(C)CCS(C)=O)c1N. The highest BCUT2D eigenvalue weighted by Crippen LogP contribution is 2.28. The number of aryl methyl sites for hydroxylation is 1. The molecule has 1 heterocycles. The molecule has 0 radical (unpaired) electrons. The van der Waals surface area contributed by atoms with Gasteiger partial charge in [-0.25, -0.2) is 4.68 Å². The summed E-state index contributed by atoms with van der Waals surface area (Å²) < 4.78 is 12.9. The Morgan fingerprint density at radius 3 is 2.90 bits per heavy atom. The molecule has 0 aliphatic rings. The molecule has 0 saturated heterocycles. The van der Waals surface area contributed by atoms with Crippen molar-refractivity contribution in [2.24, 2.45) is 0 Å². The fourth-order valence-electron chi connectivity index (χ4n) is 2.00. The van der Waals surface area contributed by atoms with Gasteiger partial charge in [-0.2, -0.15) is 0 Å². The van der Waals surface area contributed by atoms with Gasteiger partial charge in [0.1, 0.15) is 0 Å². The lowest BCUT2D eigenvalue weighted by Crippen LogP contribution is -2.12. The molecule has 7 heteroatoms. The van der Waals surface area contributed by atoms with Crippen molar-refractivity contribution in [2.45, 2.75) is 26.3 Å². The first-order valence-corrected chi connectivity index (χ1v) is 8.16. The number of tetrazole rings is 1. The van der Waals surface area contributed by atoms with Crippen LogP contribution in [0.4, 0.5) is 5.69 Å². The number of aromatic nitrogens is 4. The van der Waals surface area contributed by atoms with Gasteiger partial charge < -0.3 is 5.73 Å². The van der Waals surface area contributed by atoms with Crippen molar-refractivity contribution in [1.29, 1.82) is 0 Å². The molecule has 0 aliphatic heterocycles. The first-order chi connectivity index (χ1) is 9.50. The number of rotatable bonds is 5. The topological polar surface area (TPSA) is 86.7 Å². The Morgan fingerprint density at radius 1 is 1.45 bits per heavy atom. The number of para-hydroxylation sites is 1. The number of benzene rings is 1. The molecular weight excluding hydrogens is 274 g/mol. The standard InChI is InChI=1S/C13H19N5OS/c1-9-5-4-6-11(12(9)14)13-15-16-17-18(13)10(2)7-8-20(3)19/h4-6,10H,7-8,14H2,1-3H3. The Bertz CT molecular complexity index is 625. The molecule has 0 amide bonds. The van der Waals surface area contributed by atoms with Gasteiger partial charge in [0.15, 0.2) is 5.82 Å². The predicted octanol–water partition coefficient (Wildman–Crippen LogP) is 1.56. The largest absolute Gasteiger partial charge is 0.398 e. The minimum Gasteiger partial charge on any atom is -0.398 e. The molecule has 1 aromatic heterocycles. The van der Waals surface area contributed by atoms with Crippen LogP contribution in [0.15, 0.2) is 18.2 Å². The normalized spacial score (nSPS) is 14.2. The van der Waals surface area contributed by atoms with Crippen LogP contribution in [0.3, 0.4) is 0 Å². The summed E-state index contributed by atoms with van der Waals surface area (Å²) >= 11 is 0. The summed E-state index contributed by atoms with van der Waals surface area (Å²) in [7, 11) is -0.814. The zero-order chi connectivity index (χ0) is 14.7. The van der Waals surface area contributed by atoms with E-state index >= 15 is 0 Å². The van der Waals surface area contributed by atoms with E-state index in [1.54, 1.807) is 10.9 Å². The molecule has 0 aliphatic carbocycles. The Balaban J connectivity index is 2.33. The molecule has 0 fully saturated rings. The first-order valence-electron chi connectivity index (χ1n) is 6.44. The van der Waals surface area contributed by atoms with E-state index in [9.17, 15) is 4.21 Å². The van der Waals surface area contributed by atoms with Gasteiger partial charge in [-0.15, -0.1) is 5.10 Å². The smallest absolute Gasteiger partial charge is 0.184 e. The van der Waals surface area contributed by atoms with Crippen LogP contribution in [0.1, 0.15) is 24.9 Å². The molecule has 2 aromatic rings. The number of nitrogen functional groups attached to an aromatic ring is 1. The summed E-state index contributed by atoms with van der Waals surface area (Å²) in [5, 5.41) is 11.9. The van der Waals surface area contributed by atoms with Crippen LogP contribution in [0.2, 0.25) is 0 Å². The second kappa shape index (κ2) is 6.13. The highest BCUT2D eigenvalue weighted by molar-refractivity contribution is 7.84. The number of hydrogen-bond acceptors (Lipinski definition) is 5. The van der Waals surface area contributed by atoms with E-state index < -0.39 is 10.8 Å². The second-order valence-electron chi connectivity index (χ2n) is 4.90. The molecule has 2 N–H and O–H groups in total. The van der Waals surface area contributed by atoms with Crippen molar-refractivity contribution in [2.75, 3.05) is 17.7 Å². The highest BCUT2D eigenvalue weighted by atomic mass is 32.2. The lowest BCUT2D eigenvalue weighted by molar-refractivity contribution is 0.470. The summed E-state index contributed by atoms with van der Waals surface area (Å²) in [5.41, 5.74) is 8.63. The van der Waals surface area contributed by atoms with E-state index in [4.69, 9.17) is 5.73 Å². The number of nitrogens with zero attached hydrogens (tertiary/aromatic N) is 4. The molecule has 2 atom stereocenters.